The smallest absolute Gasteiger partial charge is 0.251 e. The molecule has 0 fully saturated rings. The lowest BCUT2D eigenvalue weighted by Gasteiger charge is -2.12. The molecule has 1 aromatic carbocycles. The van der Waals surface area contributed by atoms with Gasteiger partial charge in [0.25, 0.3) is 5.91 Å². The fraction of sp³-hybridized carbons (Fsp3) is 0.312. The molecule has 0 saturated heterocycles. The summed E-state index contributed by atoms with van der Waals surface area (Å²) in [5, 5.41) is 4.80. The molecule has 1 amide bonds. The monoisotopic (exact) mass is 305 g/mol. The van der Waals surface area contributed by atoms with E-state index in [9.17, 15) is 4.79 Å². The van der Waals surface area contributed by atoms with E-state index in [0.717, 1.165) is 41.0 Å². The van der Waals surface area contributed by atoms with Crippen molar-refractivity contribution >= 4 is 28.8 Å². The van der Waals surface area contributed by atoms with Crippen LogP contribution in [0, 0.1) is 6.92 Å². The second-order valence-corrected chi connectivity index (χ2v) is 6.49. The van der Waals surface area contributed by atoms with Crippen LogP contribution in [0.5, 0.6) is 0 Å². The first-order chi connectivity index (χ1) is 9.66. The van der Waals surface area contributed by atoms with Gasteiger partial charge < -0.3 is 5.32 Å². The van der Waals surface area contributed by atoms with Crippen LogP contribution in [-0.2, 0) is 6.42 Å². The molecule has 1 aliphatic heterocycles. The average molecular weight is 306 g/mol. The third kappa shape index (κ3) is 2.48. The van der Waals surface area contributed by atoms with Gasteiger partial charge in [0, 0.05) is 17.0 Å². The molecule has 1 aromatic heterocycles. The fourth-order valence-electron chi connectivity index (χ4n) is 2.55. The number of thiophene rings is 1. The number of rotatable bonds is 2. The van der Waals surface area contributed by atoms with Crippen molar-refractivity contribution in [3.05, 3.63) is 56.8 Å². The zero-order chi connectivity index (χ0) is 14.1. The van der Waals surface area contributed by atoms with Gasteiger partial charge in [-0.25, -0.2) is 0 Å². The molecule has 3 rings (SSSR count). The van der Waals surface area contributed by atoms with E-state index in [1.54, 1.807) is 11.3 Å². The number of aryl methyl sites for hydroxylation is 2. The minimum Gasteiger partial charge on any atom is -0.352 e. The van der Waals surface area contributed by atoms with E-state index < -0.39 is 0 Å². The molecule has 0 saturated carbocycles. The number of alkyl halides is 1. The molecule has 4 heteroatoms. The maximum absolute atomic E-state index is 12.1. The largest absolute Gasteiger partial charge is 0.352 e. The summed E-state index contributed by atoms with van der Waals surface area (Å²) in [5.41, 5.74) is 4.10. The van der Waals surface area contributed by atoms with Crippen molar-refractivity contribution < 1.29 is 4.79 Å². The molecule has 0 spiro atoms. The SMILES string of the molecule is Cc1ccsc1C(Cl)c1ccc2c(c1)C(=O)NCCC2. The summed E-state index contributed by atoms with van der Waals surface area (Å²) >= 11 is 8.25. The normalized spacial score (nSPS) is 16.2. The Kier molecular flexibility index (Phi) is 3.81. The maximum Gasteiger partial charge on any atom is 0.251 e. The Morgan fingerprint density at radius 2 is 2.20 bits per heavy atom. The van der Waals surface area contributed by atoms with Crippen molar-refractivity contribution in [3.8, 4) is 0 Å². The van der Waals surface area contributed by atoms with Gasteiger partial charge in [0.15, 0.2) is 0 Å². The van der Waals surface area contributed by atoms with Crippen molar-refractivity contribution in [1.82, 2.24) is 5.32 Å². The number of hydrogen-bond donors (Lipinski definition) is 1. The first-order valence-electron chi connectivity index (χ1n) is 6.76. The molecule has 2 nitrogen and oxygen atoms in total. The average Bonchev–Trinajstić information content (AvgIpc) is 2.79. The Labute approximate surface area is 127 Å². The van der Waals surface area contributed by atoms with Crippen molar-refractivity contribution in [2.45, 2.75) is 25.1 Å². The Morgan fingerprint density at radius 1 is 1.35 bits per heavy atom. The van der Waals surface area contributed by atoms with Crippen molar-refractivity contribution in [2.24, 2.45) is 0 Å². The zero-order valence-electron chi connectivity index (χ0n) is 11.3. The highest BCUT2D eigenvalue weighted by Gasteiger charge is 2.20. The Bertz CT molecular complexity index is 650. The number of nitrogens with one attached hydrogen (secondary N) is 1. The molecular formula is C16H16ClNOS. The van der Waals surface area contributed by atoms with Crippen LogP contribution in [0.1, 0.15) is 43.7 Å². The molecular weight excluding hydrogens is 290 g/mol. The van der Waals surface area contributed by atoms with E-state index in [1.807, 2.05) is 18.2 Å². The lowest BCUT2D eigenvalue weighted by Crippen LogP contribution is -2.22. The summed E-state index contributed by atoms with van der Waals surface area (Å²) < 4.78 is 0. The van der Waals surface area contributed by atoms with Crippen LogP contribution in [0.2, 0.25) is 0 Å². The highest BCUT2D eigenvalue weighted by Crippen LogP contribution is 2.35. The van der Waals surface area contributed by atoms with Crippen LogP contribution in [0.3, 0.4) is 0 Å². The van der Waals surface area contributed by atoms with Crippen LogP contribution in [-0.4, -0.2) is 12.5 Å². The van der Waals surface area contributed by atoms with Gasteiger partial charge in [-0.2, -0.15) is 0 Å². The Balaban J connectivity index is 2.00. The molecule has 104 valence electrons. The fourth-order valence-corrected chi connectivity index (χ4v) is 3.94. The van der Waals surface area contributed by atoms with Gasteiger partial charge >= 0.3 is 0 Å². The van der Waals surface area contributed by atoms with Crippen molar-refractivity contribution in [1.29, 1.82) is 0 Å². The van der Waals surface area contributed by atoms with Crippen LogP contribution in [0.25, 0.3) is 0 Å². The molecule has 1 unspecified atom stereocenters. The van der Waals surface area contributed by atoms with Gasteiger partial charge in [-0.3, -0.25) is 4.79 Å². The van der Waals surface area contributed by atoms with Crippen LogP contribution >= 0.6 is 22.9 Å². The number of fused-ring (bicyclic) bond motifs is 1. The van der Waals surface area contributed by atoms with Gasteiger partial charge in [-0.05, 0) is 54.0 Å². The lowest BCUT2D eigenvalue weighted by molar-refractivity contribution is 0.0956. The molecule has 1 N–H and O–H groups in total. The van der Waals surface area contributed by atoms with E-state index in [4.69, 9.17) is 11.6 Å². The van der Waals surface area contributed by atoms with Gasteiger partial charge in [0.05, 0.1) is 5.38 Å². The van der Waals surface area contributed by atoms with Gasteiger partial charge in [-0.15, -0.1) is 22.9 Å². The molecule has 2 heterocycles. The van der Waals surface area contributed by atoms with E-state index in [0.29, 0.717) is 0 Å². The molecule has 20 heavy (non-hydrogen) atoms. The first kappa shape index (κ1) is 13.7. The standard InChI is InChI=1S/C16H16ClNOS/c1-10-6-8-20-15(10)14(17)12-5-4-11-3-2-7-18-16(19)13(11)9-12/h4-6,8-9,14H,2-3,7H2,1H3,(H,18,19). The summed E-state index contributed by atoms with van der Waals surface area (Å²) in [6, 6.07) is 8.13. The van der Waals surface area contributed by atoms with E-state index in [2.05, 4.69) is 23.7 Å². The van der Waals surface area contributed by atoms with E-state index in [1.165, 1.54) is 5.56 Å². The molecule has 0 radical (unpaired) electrons. The molecule has 0 bridgehead atoms. The van der Waals surface area contributed by atoms with Crippen LogP contribution < -0.4 is 5.32 Å². The molecule has 2 aromatic rings. The highest BCUT2D eigenvalue weighted by atomic mass is 35.5. The quantitative estimate of drug-likeness (QED) is 0.833. The topological polar surface area (TPSA) is 29.1 Å². The van der Waals surface area contributed by atoms with Crippen LogP contribution in [0.4, 0.5) is 0 Å². The number of carbonyl (C=O) groups excluding carboxylic acids is 1. The van der Waals surface area contributed by atoms with E-state index in [-0.39, 0.29) is 11.3 Å². The number of hydrogen-bond acceptors (Lipinski definition) is 2. The second kappa shape index (κ2) is 5.58. The molecule has 0 aliphatic carbocycles. The highest BCUT2D eigenvalue weighted by molar-refractivity contribution is 7.10. The number of halogens is 1. The predicted octanol–water partition coefficient (Wildman–Crippen LogP) is 4.06. The van der Waals surface area contributed by atoms with Gasteiger partial charge in [0.2, 0.25) is 0 Å². The number of amides is 1. The van der Waals surface area contributed by atoms with Crippen LogP contribution in [0.15, 0.2) is 29.6 Å². The Hall–Kier alpha value is -1.32. The van der Waals surface area contributed by atoms with Gasteiger partial charge in [-0.1, -0.05) is 12.1 Å². The van der Waals surface area contributed by atoms with Crippen molar-refractivity contribution in [3.63, 3.8) is 0 Å². The summed E-state index contributed by atoms with van der Waals surface area (Å²) in [5.74, 6) is 0.0196. The third-order valence-corrected chi connectivity index (χ3v) is 5.39. The summed E-state index contributed by atoms with van der Waals surface area (Å²) in [7, 11) is 0. The summed E-state index contributed by atoms with van der Waals surface area (Å²) in [6.07, 6.45) is 1.94. The minimum absolute atomic E-state index is 0.0196. The van der Waals surface area contributed by atoms with E-state index >= 15 is 0 Å². The summed E-state index contributed by atoms with van der Waals surface area (Å²) in [4.78, 5) is 13.2. The first-order valence-corrected chi connectivity index (χ1v) is 8.07. The number of benzene rings is 1. The molecule has 1 aliphatic rings. The maximum atomic E-state index is 12.1. The zero-order valence-corrected chi connectivity index (χ0v) is 12.9. The summed E-state index contributed by atoms with van der Waals surface area (Å²) in [6.45, 7) is 2.81. The molecule has 1 atom stereocenters. The lowest BCUT2D eigenvalue weighted by atomic mass is 9.98. The predicted molar refractivity (Wildman–Crippen MR) is 83.8 cm³/mol. The number of carbonyl (C=O) groups is 1. The second-order valence-electron chi connectivity index (χ2n) is 5.11. The van der Waals surface area contributed by atoms with Crippen molar-refractivity contribution in [2.75, 3.05) is 6.54 Å². The third-order valence-electron chi connectivity index (χ3n) is 3.71. The minimum atomic E-state index is -0.184. The van der Waals surface area contributed by atoms with Gasteiger partial charge in [0.1, 0.15) is 0 Å². The Morgan fingerprint density at radius 3 is 2.95 bits per heavy atom.